The van der Waals surface area contributed by atoms with Crippen LogP contribution >= 0.6 is 11.3 Å². The molecule has 0 aliphatic rings. The fraction of sp³-hybridized carbons (Fsp3) is 0.391. The molecule has 1 aromatic heterocycles. The lowest BCUT2D eigenvalue weighted by molar-refractivity contribution is 0.0996. The van der Waals surface area contributed by atoms with Crippen molar-refractivity contribution >= 4 is 37.3 Å². The van der Waals surface area contributed by atoms with E-state index in [1.54, 1.807) is 42.5 Å². The average molecular weight is 477 g/mol. The molecule has 0 saturated carbocycles. The Balaban J connectivity index is 1.95. The van der Waals surface area contributed by atoms with Gasteiger partial charge in [0.1, 0.15) is 5.75 Å². The summed E-state index contributed by atoms with van der Waals surface area (Å²) in [6.45, 7) is 6.20. The first-order valence-corrected chi connectivity index (χ1v) is 13.3. The number of sulfone groups is 1. The van der Waals surface area contributed by atoms with E-state index in [0.717, 1.165) is 28.8 Å². The third kappa shape index (κ3) is 6.05. The third-order valence-corrected chi connectivity index (χ3v) is 6.96. The maximum absolute atomic E-state index is 12.8. The largest absolute Gasteiger partial charge is 0.494 e. The standard InChI is InChI=1S/C23H28N2O5S2/c1-4-6-14-30-18-9-7-17(8-10-18)22(26)24-23-25(13-15-29-5-2)20-12-11-19(32(3,27)28)16-21(20)31-23/h7-12,16H,4-6,13-15H2,1-3H3. The van der Waals surface area contributed by atoms with Gasteiger partial charge in [-0.15, -0.1) is 0 Å². The lowest BCUT2D eigenvalue weighted by atomic mass is 10.2. The maximum atomic E-state index is 12.8. The first kappa shape index (κ1) is 24.2. The Hall–Kier alpha value is -2.49. The lowest BCUT2D eigenvalue weighted by Crippen LogP contribution is -2.19. The summed E-state index contributed by atoms with van der Waals surface area (Å²) in [6, 6.07) is 11.9. The van der Waals surface area contributed by atoms with Crippen LogP contribution in [0, 0.1) is 0 Å². The smallest absolute Gasteiger partial charge is 0.279 e. The van der Waals surface area contributed by atoms with Gasteiger partial charge < -0.3 is 14.0 Å². The number of rotatable bonds is 10. The number of carbonyl (C=O) groups excluding carboxylic acids is 1. The van der Waals surface area contributed by atoms with Crippen molar-refractivity contribution in [3.8, 4) is 5.75 Å². The molecular weight excluding hydrogens is 448 g/mol. The molecule has 0 aliphatic heterocycles. The van der Waals surface area contributed by atoms with E-state index in [0.29, 0.717) is 36.7 Å². The van der Waals surface area contributed by atoms with Crippen molar-refractivity contribution in [2.24, 2.45) is 4.99 Å². The van der Waals surface area contributed by atoms with Crippen LogP contribution < -0.4 is 9.54 Å². The molecule has 0 bridgehead atoms. The molecule has 0 radical (unpaired) electrons. The highest BCUT2D eigenvalue weighted by atomic mass is 32.2. The van der Waals surface area contributed by atoms with Gasteiger partial charge in [0.2, 0.25) is 0 Å². The van der Waals surface area contributed by atoms with Gasteiger partial charge in [0.15, 0.2) is 14.6 Å². The van der Waals surface area contributed by atoms with Crippen LogP contribution in [0.4, 0.5) is 0 Å². The minimum Gasteiger partial charge on any atom is -0.494 e. The Kier molecular flexibility index (Phi) is 8.22. The molecule has 0 fully saturated rings. The number of hydrogen-bond acceptors (Lipinski definition) is 6. The summed E-state index contributed by atoms with van der Waals surface area (Å²) in [5, 5.41) is 0. The topological polar surface area (TPSA) is 87.0 Å². The number of nitrogens with zero attached hydrogens (tertiary/aromatic N) is 2. The van der Waals surface area contributed by atoms with Crippen molar-refractivity contribution in [1.29, 1.82) is 0 Å². The van der Waals surface area contributed by atoms with Crippen LogP contribution in [0.5, 0.6) is 5.75 Å². The highest BCUT2D eigenvalue weighted by Gasteiger charge is 2.13. The van der Waals surface area contributed by atoms with Crippen LogP contribution in [-0.2, 0) is 21.1 Å². The number of hydrogen-bond donors (Lipinski definition) is 0. The molecule has 0 unspecified atom stereocenters. The molecule has 3 aromatic rings. The summed E-state index contributed by atoms with van der Waals surface area (Å²) in [7, 11) is -3.33. The van der Waals surface area contributed by atoms with Crippen LogP contribution in [-0.4, -0.2) is 45.0 Å². The van der Waals surface area contributed by atoms with Crippen molar-refractivity contribution in [2.45, 2.75) is 38.1 Å². The SMILES string of the molecule is CCCCOc1ccc(C(=O)N=c2sc3cc(S(C)(=O)=O)ccc3n2CCOCC)cc1. The number of ether oxygens (including phenoxy) is 2. The Morgan fingerprint density at radius 2 is 1.84 bits per heavy atom. The van der Waals surface area contributed by atoms with Gasteiger partial charge in [-0.25, -0.2) is 8.42 Å². The minimum absolute atomic E-state index is 0.236. The number of amides is 1. The summed E-state index contributed by atoms with van der Waals surface area (Å²) in [6.07, 6.45) is 3.21. The number of unbranched alkanes of at least 4 members (excludes halogenated alkanes) is 1. The van der Waals surface area contributed by atoms with Crippen molar-refractivity contribution < 1.29 is 22.7 Å². The molecule has 0 atom stereocenters. The zero-order chi connectivity index (χ0) is 23.1. The fourth-order valence-electron chi connectivity index (χ4n) is 3.07. The highest BCUT2D eigenvalue weighted by Crippen LogP contribution is 2.22. The third-order valence-electron chi connectivity index (χ3n) is 4.81. The van der Waals surface area contributed by atoms with Crippen LogP contribution in [0.1, 0.15) is 37.0 Å². The first-order valence-electron chi connectivity index (χ1n) is 10.6. The second-order valence-electron chi connectivity index (χ2n) is 7.28. The molecule has 0 aliphatic carbocycles. The van der Waals surface area contributed by atoms with Gasteiger partial charge in [-0.3, -0.25) is 4.79 Å². The average Bonchev–Trinajstić information content (AvgIpc) is 3.10. The molecule has 9 heteroatoms. The second-order valence-corrected chi connectivity index (χ2v) is 10.3. The van der Waals surface area contributed by atoms with E-state index in [-0.39, 0.29) is 10.8 Å². The maximum Gasteiger partial charge on any atom is 0.279 e. The molecule has 3 rings (SSSR count). The Labute approximate surface area is 192 Å². The van der Waals surface area contributed by atoms with Gasteiger partial charge >= 0.3 is 0 Å². The molecule has 172 valence electrons. The summed E-state index contributed by atoms with van der Waals surface area (Å²) in [5.74, 6) is 0.349. The molecular formula is C23H28N2O5S2. The summed E-state index contributed by atoms with van der Waals surface area (Å²) in [4.78, 5) is 17.9. The molecule has 0 N–H and O–H groups in total. The molecule has 1 heterocycles. The second kappa shape index (κ2) is 10.9. The Morgan fingerprint density at radius 3 is 2.50 bits per heavy atom. The summed E-state index contributed by atoms with van der Waals surface area (Å²) >= 11 is 1.28. The summed E-state index contributed by atoms with van der Waals surface area (Å²) < 4.78 is 37.6. The lowest BCUT2D eigenvalue weighted by Gasteiger charge is -2.06. The van der Waals surface area contributed by atoms with Gasteiger partial charge in [0.05, 0.1) is 28.3 Å². The van der Waals surface area contributed by atoms with E-state index < -0.39 is 9.84 Å². The van der Waals surface area contributed by atoms with Crippen LogP contribution in [0.3, 0.4) is 0 Å². The molecule has 2 aromatic carbocycles. The van der Waals surface area contributed by atoms with E-state index in [1.807, 2.05) is 11.5 Å². The van der Waals surface area contributed by atoms with Crippen molar-refractivity contribution in [3.63, 3.8) is 0 Å². The number of benzene rings is 2. The molecule has 7 nitrogen and oxygen atoms in total. The zero-order valence-corrected chi connectivity index (χ0v) is 20.2. The highest BCUT2D eigenvalue weighted by molar-refractivity contribution is 7.90. The molecule has 0 saturated heterocycles. The first-order chi connectivity index (χ1) is 15.3. The van der Waals surface area contributed by atoms with Crippen molar-refractivity contribution in [2.75, 3.05) is 26.1 Å². The molecule has 32 heavy (non-hydrogen) atoms. The molecule has 0 spiro atoms. The van der Waals surface area contributed by atoms with Crippen molar-refractivity contribution in [1.82, 2.24) is 4.57 Å². The molecule has 1 amide bonds. The Morgan fingerprint density at radius 1 is 1.09 bits per heavy atom. The minimum atomic E-state index is -3.33. The number of carbonyl (C=O) groups is 1. The predicted molar refractivity (Wildman–Crippen MR) is 126 cm³/mol. The Bertz CT molecular complexity index is 1240. The zero-order valence-electron chi connectivity index (χ0n) is 18.5. The normalized spacial score (nSPS) is 12.4. The van der Waals surface area contributed by atoms with Crippen LogP contribution in [0.25, 0.3) is 10.2 Å². The predicted octanol–water partition coefficient (Wildman–Crippen LogP) is 4.06. The van der Waals surface area contributed by atoms with Crippen LogP contribution in [0.2, 0.25) is 0 Å². The van der Waals surface area contributed by atoms with E-state index in [2.05, 4.69) is 11.9 Å². The van der Waals surface area contributed by atoms with Crippen molar-refractivity contribution in [3.05, 3.63) is 52.8 Å². The van der Waals surface area contributed by atoms with E-state index >= 15 is 0 Å². The number of aromatic nitrogens is 1. The summed E-state index contributed by atoms with van der Waals surface area (Å²) in [5.41, 5.74) is 1.27. The van der Waals surface area contributed by atoms with Gasteiger partial charge in [0.25, 0.3) is 5.91 Å². The number of fused-ring (bicyclic) bond motifs is 1. The van der Waals surface area contributed by atoms with Gasteiger partial charge in [0, 0.05) is 25.0 Å². The fourth-order valence-corrected chi connectivity index (χ4v) is 4.88. The van der Waals surface area contributed by atoms with Gasteiger partial charge in [-0.05, 0) is 55.8 Å². The van der Waals surface area contributed by atoms with Gasteiger partial charge in [-0.2, -0.15) is 4.99 Å². The number of thiazole rings is 1. The van der Waals surface area contributed by atoms with E-state index in [1.165, 1.54) is 17.6 Å². The van der Waals surface area contributed by atoms with E-state index in [9.17, 15) is 13.2 Å². The van der Waals surface area contributed by atoms with Crippen LogP contribution in [0.15, 0.2) is 52.4 Å². The monoisotopic (exact) mass is 476 g/mol. The quantitative estimate of drug-likeness (QED) is 0.412. The van der Waals surface area contributed by atoms with Gasteiger partial charge in [-0.1, -0.05) is 24.7 Å². The van der Waals surface area contributed by atoms with E-state index in [4.69, 9.17) is 9.47 Å².